The first-order valence-corrected chi connectivity index (χ1v) is 9.48. The van der Waals surface area contributed by atoms with Crippen LogP contribution in [0.4, 0.5) is 4.39 Å². The maximum atomic E-state index is 13.3. The maximum absolute atomic E-state index is 13.3. The highest BCUT2D eigenvalue weighted by molar-refractivity contribution is 6.31. The molecule has 1 aliphatic carbocycles. The molecule has 0 bridgehead atoms. The minimum Gasteiger partial charge on any atom is -0.317 e. The fourth-order valence-corrected chi connectivity index (χ4v) is 4.52. The van der Waals surface area contributed by atoms with Crippen molar-refractivity contribution in [2.75, 3.05) is 13.6 Å². The molecule has 1 aliphatic heterocycles. The van der Waals surface area contributed by atoms with Crippen LogP contribution in [0.3, 0.4) is 0 Å². The Hall–Kier alpha value is -2.10. The average molecular weight is 367 g/mol. The Morgan fingerprint density at radius 2 is 1.81 bits per heavy atom. The van der Waals surface area contributed by atoms with E-state index >= 15 is 0 Å². The van der Waals surface area contributed by atoms with Crippen molar-refractivity contribution in [1.29, 1.82) is 0 Å². The Balaban J connectivity index is 1.74. The fraction of sp³-hybridized carbons (Fsp3) is 0.273. The Labute approximate surface area is 157 Å². The molecule has 2 aliphatic rings. The molecule has 4 heteroatoms. The molecule has 0 fully saturated rings. The Morgan fingerprint density at radius 1 is 1.00 bits per heavy atom. The summed E-state index contributed by atoms with van der Waals surface area (Å²) in [6.45, 7) is 2.02. The quantitative estimate of drug-likeness (QED) is 0.574. The zero-order valence-electron chi connectivity index (χ0n) is 14.7. The summed E-state index contributed by atoms with van der Waals surface area (Å²) < 4.78 is 15.8. The first kappa shape index (κ1) is 16.1. The summed E-state index contributed by atoms with van der Waals surface area (Å²) in [7, 11) is 2.17. The third-order valence-corrected chi connectivity index (χ3v) is 5.96. The second kappa shape index (κ2) is 5.97. The van der Waals surface area contributed by atoms with E-state index in [1.807, 2.05) is 18.2 Å². The summed E-state index contributed by atoms with van der Waals surface area (Å²) in [5.74, 6) is -0.184. The third kappa shape index (κ3) is 2.42. The number of halogens is 2. The van der Waals surface area contributed by atoms with Crippen LogP contribution in [-0.4, -0.2) is 23.1 Å². The van der Waals surface area contributed by atoms with Crippen molar-refractivity contribution in [3.63, 3.8) is 0 Å². The Bertz CT molecular complexity index is 1050. The van der Waals surface area contributed by atoms with Crippen LogP contribution < -0.4 is 0 Å². The molecule has 2 nitrogen and oxygen atoms in total. The molecule has 0 spiro atoms. The predicted octanol–water partition coefficient (Wildman–Crippen LogP) is 5.58. The average Bonchev–Trinajstić information content (AvgIpc) is 2.89. The standard InChI is InChI=1S/C22H20ClFN2/c1-25-11-10-22-19(13-25)18-12-15(23)4-8-21(18)26(22)20-9-7-17(20)14-2-5-16(24)6-3-14/h2-6,8,12H,7,9-11,13H2,1H3. The van der Waals surface area contributed by atoms with Gasteiger partial charge in [-0.15, -0.1) is 0 Å². The molecule has 0 N–H and O–H groups in total. The van der Waals surface area contributed by atoms with Gasteiger partial charge in [-0.2, -0.15) is 0 Å². The van der Waals surface area contributed by atoms with Crippen LogP contribution in [-0.2, 0) is 13.0 Å². The smallest absolute Gasteiger partial charge is 0.123 e. The largest absolute Gasteiger partial charge is 0.317 e. The van der Waals surface area contributed by atoms with Crippen LogP contribution in [0.15, 0.2) is 42.5 Å². The van der Waals surface area contributed by atoms with E-state index in [1.54, 1.807) is 12.1 Å². The topological polar surface area (TPSA) is 8.17 Å². The van der Waals surface area contributed by atoms with Gasteiger partial charge in [0.2, 0.25) is 0 Å². The van der Waals surface area contributed by atoms with Gasteiger partial charge in [-0.25, -0.2) is 4.39 Å². The van der Waals surface area contributed by atoms with Crippen LogP contribution in [0.5, 0.6) is 0 Å². The number of fused-ring (bicyclic) bond motifs is 3. The number of likely N-dealkylation sites (N-methyl/N-ethyl adjacent to an activating group) is 1. The predicted molar refractivity (Wildman–Crippen MR) is 106 cm³/mol. The second-order valence-electron chi connectivity index (χ2n) is 7.34. The van der Waals surface area contributed by atoms with E-state index in [0.717, 1.165) is 42.9 Å². The van der Waals surface area contributed by atoms with Gasteiger partial charge in [0.05, 0.1) is 5.52 Å². The summed E-state index contributed by atoms with van der Waals surface area (Å²) in [5.41, 5.74) is 7.87. The van der Waals surface area contributed by atoms with Crippen molar-refractivity contribution in [3.8, 4) is 0 Å². The van der Waals surface area contributed by atoms with Crippen LogP contribution >= 0.6 is 11.6 Å². The lowest BCUT2D eigenvalue weighted by molar-refractivity contribution is 0.311. The van der Waals surface area contributed by atoms with Crippen molar-refractivity contribution in [3.05, 3.63) is 70.1 Å². The lowest BCUT2D eigenvalue weighted by Crippen LogP contribution is -2.27. The van der Waals surface area contributed by atoms with Gasteiger partial charge in [-0.3, -0.25) is 0 Å². The molecule has 0 radical (unpaired) electrons. The normalized spacial score (nSPS) is 17.5. The van der Waals surface area contributed by atoms with Crippen molar-refractivity contribution in [1.82, 2.24) is 9.47 Å². The van der Waals surface area contributed by atoms with Gasteiger partial charge in [0, 0.05) is 41.3 Å². The highest BCUT2D eigenvalue weighted by Crippen LogP contribution is 2.44. The van der Waals surface area contributed by atoms with Gasteiger partial charge < -0.3 is 9.47 Å². The van der Waals surface area contributed by atoms with Crippen molar-refractivity contribution >= 4 is 33.8 Å². The summed E-state index contributed by atoms with van der Waals surface area (Å²) in [6, 6.07) is 13.1. The molecule has 0 saturated heterocycles. The maximum Gasteiger partial charge on any atom is 0.123 e. The van der Waals surface area contributed by atoms with Gasteiger partial charge in [-0.1, -0.05) is 23.7 Å². The van der Waals surface area contributed by atoms with Gasteiger partial charge in [0.15, 0.2) is 0 Å². The molecule has 3 aromatic rings. The minimum atomic E-state index is -0.184. The fourth-order valence-electron chi connectivity index (χ4n) is 4.34. The van der Waals surface area contributed by atoms with E-state index in [-0.39, 0.29) is 5.82 Å². The number of hydrogen-bond acceptors (Lipinski definition) is 1. The molecule has 1 aromatic heterocycles. The lowest BCUT2D eigenvalue weighted by Gasteiger charge is -2.30. The van der Waals surface area contributed by atoms with Gasteiger partial charge >= 0.3 is 0 Å². The van der Waals surface area contributed by atoms with Crippen LogP contribution in [0.1, 0.15) is 29.7 Å². The molecule has 5 rings (SSSR count). The van der Waals surface area contributed by atoms with E-state index in [9.17, 15) is 4.39 Å². The number of hydrogen-bond donors (Lipinski definition) is 0. The molecule has 0 amide bonds. The molecule has 0 saturated carbocycles. The molecule has 132 valence electrons. The molecule has 2 aromatic carbocycles. The molecule has 0 atom stereocenters. The molecular formula is C22H20ClFN2. The summed E-state index contributed by atoms with van der Waals surface area (Å²) >= 11 is 6.30. The SMILES string of the molecule is CN1CCc2c(c3cc(Cl)ccc3n2C2=C(c3ccc(F)cc3)CC2)C1. The van der Waals surface area contributed by atoms with E-state index in [2.05, 4.69) is 28.6 Å². The zero-order valence-corrected chi connectivity index (χ0v) is 15.5. The number of aromatic nitrogens is 1. The molecule has 2 heterocycles. The van der Waals surface area contributed by atoms with Gasteiger partial charge in [-0.05, 0) is 66.9 Å². The summed E-state index contributed by atoms with van der Waals surface area (Å²) in [5, 5.41) is 2.05. The van der Waals surface area contributed by atoms with E-state index < -0.39 is 0 Å². The van der Waals surface area contributed by atoms with E-state index in [0.29, 0.717) is 0 Å². The Kier molecular flexibility index (Phi) is 3.70. The zero-order chi connectivity index (χ0) is 17.8. The number of nitrogens with zero attached hydrogens (tertiary/aromatic N) is 2. The van der Waals surface area contributed by atoms with E-state index in [4.69, 9.17) is 11.6 Å². The summed E-state index contributed by atoms with van der Waals surface area (Å²) in [6.07, 6.45) is 3.14. The number of allylic oxidation sites excluding steroid dienone is 2. The first-order valence-electron chi connectivity index (χ1n) is 9.10. The van der Waals surface area contributed by atoms with E-state index in [1.165, 1.54) is 33.4 Å². The van der Waals surface area contributed by atoms with Crippen molar-refractivity contribution in [2.45, 2.75) is 25.8 Å². The minimum absolute atomic E-state index is 0.184. The second-order valence-corrected chi connectivity index (χ2v) is 7.78. The molecule has 26 heavy (non-hydrogen) atoms. The first-order chi connectivity index (χ1) is 12.6. The third-order valence-electron chi connectivity index (χ3n) is 5.72. The van der Waals surface area contributed by atoms with Crippen molar-refractivity contribution < 1.29 is 4.39 Å². The number of rotatable bonds is 2. The monoisotopic (exact) mass is 366 g/mol. The van der Waals surface area contributed by atoms with Crippen LogP contribution in [0, 0.1) is 5.82 Å². The summed E-state index contributed by atoms with van der Waals surface area (Å²) in [4.78, 5) is 2.36. The highest BCUT2D eigenvalue weighted by atomic mass is 35.5. The van der Waals surface area contributed by atoms with Crippen LogP contribution in [0.2, 0.25) is 5.02 Å². The lowest BCUT2D eigenvalue weighted by atomic mass is 9.87. The highest BCUT2D eigenvalue weighted by Gasteiger charge is 2.28. The molecular weight excluding hydrogens is 347 g/mol. The van der Waals surface area contributed by atoms with Gasteiger partial charge in [0.1, 0.15) is 5.82 Å². The molecule has 0 unspecified atom stereocenters. The van der Waals surface area contributed by atoms with Crippen molar-refractivity contribution in [2.24, 2.45) is 0 Å². The van der Waals surface area contributed by atoms with Gasteiger partial charge in [0.25, 0.3) is 0 Å². The Morgan fingerprint density at radius 3 is 2.54 bits per heavy atom. The number of benzene rings is 2. The van der Waals surface area contributed by atoms with Crippen LogP contribution in [0.25, 0.3) is 22.2 Å².